The van der Waals surface area contributed by atoms with E-state index in [-0.39, 0.29) is 18.4 Å². The van der Waals surface area contributed by atoms with E-state index in [4.69, 9.17) is 27.9 Å². The van der Waals surface area contributed by atoms with Crippen LogP contribution in [0.15, 0.2) is 47.6 Å². The summed E-state index contributed by atoms with van der Waals surface area (Å²) in [6.07, 6.45) is 1.86. The monoisotopic (exact) mass is 449 g/mol. The molecular formula is C22H25Cl2N3O3. The van der Waals surface area contributed by atoms with Crippen LogP contribution >= 0.6 is 23.2 Å². The number of ether oxygens (including phenoxy) is 1. The Morgan fingerprint density at radius 3 is 2.57 bits per heavy atom. The molecule has 1 atom stereocenters. The van der Waals surface area contributed by atoms with E-state index < -0.39 is 11.9 Å². The maximum atomic E-state index is 12.5. The van der Waals surface area contributed by atoms with Crippen LogP contribution in [0.1, 0.15) is 31.4 Å². The number of carbonyl (C=O) groups excluding carboxylic acids is 2. The molecule has 2 N–H and O–H groups in total. The standard InChI is InChI=1S/C22H25Cl2N3O3/c1-14(2)11-18(26-20(28)13-30-19-10-5-4-7-15(19)3)22(29)27-25-12-16-8-6-9-17(23)21(16)24/h4-10,12,14,18H,11,13H2,1-3H3,(H,26,28)(H,27,29)/b25-12-/t18-/m0/s1. The summed E-state index contributed by atoms with van der Waals surface area (Å²) >= 11 is 12.1. The van der Waals surface area contributed by atoms with Crippen molar-refractivity contribution in [2.45, 2.75) is 33.2 Å². The lowest BCUT2D eigenvalue weighted by atomic mass is 10.0. The Bertz CT molecular complexity index is 916. The van der Waals surface area contributed by atoms with Gasteiger partial charge in [-0.25, -0.2) is 5.43 Å². The molecule has 2 aromatic carbocycles. The quantitative estimate of drug-likeness (QED) is 0.440. The van der Waals surface area contributed by atoms with Crippen LogP contribution in [0.4, 0.5) is 0 Å². The topological polar surface area (TPSA) is 79.8 Å². The average Bonchev–Trinajstić information content (AvgIpc) is 2.69. The van der Waals surface area contributed by atoms with Crippen LogP contribution in [-0.2, 0) is 9.59 Å². The van der Waals surface area contributed by atoms with Crippen LogP contribution in [-0.4, -0.2) is 30.7 Å². The van der Waals surface area contributed by atoms with Crippen LogP contribution < -0.4 is 15.5 Å². The number of rotatable bonds is 9. The molecular weight excluding hydrogens is 425 g/mol. The summed E-state index contributed by atoms with van der Waals surface area (Å²) in [7, 11) is 0. The Hall–Kier alpha value is -2.57. The van der Waals surface area contributed by atoms with Gasteiger partial charge in [-0.1, -0.05) is 67.4 Å². The van der Waals surface area contributed by atoms with E-state index in [1.165, 1.54) is 6.21 Å². The van der Waals surface area contributed by atoms with Crippen molar-refractivity contribution in [2.75, 3.05) is 6.61 Å². The molecule has 0 spiro atoms. The molecule has 0 aliphatic rings. The first-order valence-electron chi connectivity index (χ1n) is 9.52. The van der Waals surface area contributed by atoms with E-state index >= 15 is 0 Å². The lowest BCUT2D eigenvalue weighted by Gasteiger charge is -2.19. The number of para-hydroxylation sites is 1. The van der Waals surface area contributed by atoms with E-state index in [1.54, 1.807) is 24.3 Å². The summed E-state index contributed by atoms with van der Waals surface area (Å²) in [5.41, 5.74) is 3.94. The first-order chi connectivity index (χ1) is 14.3. The summed E-state index contributed by atoms with van der Waals surface area (Å²) < 4.78 is 5.55. The molecule has 0 heterocycles. The van der Waals surface area contributed by atoms with Crippen molar-refractivity contribution in [1.82, 2.24) is 10.7 Å². The summed E-state index contributed by atoms with van der Waals surface area (Å²) in [4.78, 5) is 24.9. The second-order valence-electron chi connectivity index (χ2n) is 7.18. The molecule has 2 amide bonds. The molecule has 2 rings (SSSR count). The number of hydrogen-bond donors (Lipinski definition) is 2. The van der Waals surface area contributed by atoms with Crippen molar-refractivity contribution in [3.8, 4) is 5.75 Å². The second kappa shape index (κ2) is 11.6. The van der Waals surface area contributed by atoms with Crippen molar-refractivity contribution in [3.63, 3.8) is 0 Å². The zero-order chi connectivity index (χ0) is 22.1. The molecule has 0 saturated heterocycles. The fourth-order valence-electron chi connectivity index (χ4n) is 2.66. The van der Waals surface area contributed by atoms with Crippen LogP contribution in [0.25, 0.3) is 0 Å². The third kappa shape index (κ3) is 7.35. The molecule has 0 aromatic heterocycles. The van der Waals surface area contributed by atoms with Gasteiger partial charge in [0.1, 0.15) is 11.8 Å². The number of nitrogens with zero attached hydrogens (tertiary/aromatic N) is 1. The van der Waals surface area contributed by atoms with Gasteiger partial charge in [0.15, 0.2) is 6.61 Å². The lowest BCUT2D eigenvalue weighted by molar-refractivity contribution is -0.130. The maximum Gasteiger partial charge on any atom is 0.262 e. The molecule has 0 fully saturated rings. The van der Waals surface area contributed by atoms with Crippen LogP contribution in [0.3, 0.4) is 0 Å². The SMILES string of the molecule is Cc1ccccc1OCC(=O)N[C@@H](CC(C)C)C(=O)N/N=C\c1cccc(Cl)c1Cl. The summed E-state index contributed by atoms with van der Waals surface area (Å²) in [5, 5.41) is 7.38. The lowest BCUT2D eigenvalue weighted by Crippen LogP contribution is -2.47. The fourth-order valence-corrected chi connectivity index (χ4v) is 3.02. The van der Waals surface area contributed by atoms with E-state index in [9.17, 15) is 9.59 Å². The number of hydrogen-bond acceptors (Lipinski definition) is 4. The number of benzene rings is 2. The van der Waals surface area contributed by atoms with Gasteiger partial charge >= 0.3 is 0 Å². The molecule has 30 heavy (non-hydrogen) atoms. The fraction of sp³-hybridized carbons (Fsp3) is 0.318. The predicted octanol–water partition coefficient (Wildman–Crippen LogP) is 4.36. The highest BCUT2D eigenvalue weighted by Gasteiger charge is 2.22. The third-order valence-corrected chi connectivity index (χ3v) is 5.00. The van der Waals surface area contributed by atoms with Crippen molar-refractivity contribution in [3.05, 3.63) is 63.6 Å². The normalized spacial score (nSPS) is 12.1. The van der Waals surface area contributed by atoms with Gasteiger partial charge in [-0.2, -0.15) is 5.10 Å². The minimum atomic E-state index is -0.745. The third-order valence-electron chi connectivity index (χ3n) is 4.17. The Morgan fingerprint density at radius 2 is 1.87 bits per heavy atom. The highest BCUT2D eigenvalue weighted by Crippen LogP contribution is 2.24. The van der Waals surface area contributed by atoms with Crippen molar-refractivity contribution in [2.24, 2.45) is 11.0 Å². The highest BCUT2D eigenvalue weighted by molar-refractivity contribution is 6.43. The van der Waals surface area contributed by atoms with Gasteiger partial charge in [0.25, 0.3) is 11.8 Å². The molecule has 0 radical (unpaired) electrons. The number of carbonyl (C=O) groups is 2. The molecule has 0 saturated carbocycles. The molecule has 6 nitrogen and oxygen atoms in total. The zero-order valence-corrected chi connectivity index (χ0v) is 18.6. The molecule has 2 aromatic rings. The molecule has 0 aliphatic heterocycles. The first kappa shape index (κ1) is 23.7. The Balaban J connectivity index is 1.95. The van der Waals surface area contributed by atoms with Gasteiger partial charge in [-0.15, -0.1) is 0 Å². The van der Waals surface area contributed by atoms with Gasteiger partial charge in [0.2, 0.25) is 0 Å². The summed E-state index contributed by atoms with van der Waals surface area (Å²) in [6.45, 7) is 5.64. The maximum absolute atomic E-state index is 12.5. The first-order valence-corrected chi connectivity index (χ1v) is 10.3. The average molecular weight is 450 g/mol. The molecule has 0 unspecified atom stereocenters. The van der Waals surface area contributed by atoms with Crippen LogP contribution in [0.2, 0.25) is 10.0 Å². The number of aryl methyl sites for hydroxylation is 1. The van der Waals surface area contributed by atoms with Gasteiger partial charge in [-0.3, -0.25) is 9.59 Å². The number of nitrogens with one attached hydrogen (secondary N) is 2. The highest BCUT2D eigenvalue weighted by atomic mass is 35.5. The van der Waals surface area contributed by atoms with Gasteiger partial charge in [0, 0.05) is 5.56 Å². The van der Waals surface area contributed by atoms with E-state index in [0.29, 0.717) is 27.8 Å². The Labute approximate surface area is 186 Å². The number of hydrazone groups is 1. The second-order valence-corrected chi connectivity index (χ2v) is 7.97. The molecule has 0 aliphatic carbocycles. The Morgan fingerprint density at radius 1 is 1.13 bits per heavy atom. The van der Waals surface area contributed by atoms with Crippen LogP contribution in [0.5, 0.6) is 5.75 Å². The summed E-state index contributed by atoms with van der Waals surface area (Å²) in [5.74, 6) is -0.00605. The molecule has 160 valence electrons. The van der Waals surface area contributed by atoms with Crippen LogP contribution in [0, 0.1) is 12.8 Å². The predicted molar refractivity (Wildman–Crippen MR) is 120 cm³/mol. The van der Waals surface area contributed by atoms with Crippen molar-refractivity contribution in [1.29, 1.82) is 0 Å². The minimum Gasteiger partial charge on any atom is -0.484 e. The van der Waals surface area contributed by atoms with E-state index in [2.05, 4.69) is 15.8 Å². The summed E-state index contributed by atoms with van der Waals surface area (Å²) in [6, 6.07) is 11.8. The largest absolute Gasteiger partial charge is 0.484 e. The van der Waals surface area contributed by atoms with E-state index in [0.717, 1.165) is 5.56 Å². The molecule has 0 bridgehead atoms. The van der Waals surface area contributed by atoms with Gasteiger partial charge in [0.05, 0.1) is 16.3 Å². The van der Waals surface area contributed by atoms with Gasteiger partial charge in [-0.05, 0) is 37.0 Å². The van der Waals surface area contributed by atoms with Crippen molar-refractivity contribution >= 4 is 41.2 Å². The Kier molecular flexibility index (Phi) is 9.15. The van der Waals surface area contributed by atoms with E-state index in [1.807, 2.05) is 39.0 Å². The zero-order valence-electron chi connectivity index (χ0n) is 17.1. The number of halogens is 2. The molecule has 8 heteroatoms. The number of amides is 2. The smallest absolute Gasteiger partial charge is 0.262 e. The van der Waals surface area contributed by atoms with Gasteiger partial charge < -0.3 is 10.1 Å². The minimum absolute atomic E-state index is 0.185. The van der Waals surface area contributed by atoms with Crippen molar-refractivity contribution < 1.29 is 14.3 Å².